The summed E-state index contributed by atoms with van der Waals surface area (Å²) in [7, 11) is 0. The molecule has 124 valence electrons. The standard InChI is InChI=1S/C25H18O/c1-17-13-14-22-24(15-17)26-23-12-6-11-21(25(22)23)20-10-5-9-19(16-20)18-7-3-2-4-8-18/h2-16H,1H3. The molecule has 5 aromatic rings. The Kier molecular flexibility index (Phi) is 3.39. The maximum atomic E-state index is 6.11. The molecule has 0 aliphatic rings. The lowest BCUT2D eigenvalue weighted by molar-refractivity contribution is 0.668. The third kappa shape index (κ3) is 2.41. The Bertz CT molecular complexity index is 1230. The van der Waals surface area contributed by atoms with Gasteiger partial charge in [-0.2, -0.15) is 0 Å². The molecule has 1 heteroatoms. The largest absolute Gasteiger partial charge is 0.456 e. The lowest BCUT2D eigenvalue weighted by Crippen LogP contribution is -1.82. The smallest absolute Gasteiger partial charge is 0.136 e. The summed E-state index contributed by atoms with van der Waals surface area (Å²) < 4.78 is 6.11. The van der Waals surface area contributed by atoms with Gasteiger partial charge in [-0.05, 0) is 52.9 Å². The average molecular weight is 334 g/mol. The van der Waals surface area contributed by atoms with Gasteiger partial charge in [-0.15, -0.1) is 0 Å². The number of furan rings is 1. The second-order valence-corrected chi connectivity index (χ2v) is 6.73. The van der Waals surface area contributed by atoms with Crippen molar-refractivity contribution in [2.75, 3.05) is 0 Å². The fourth-order valence-electron chi connectivity index (χ4n) is 3.67. The van der Waals surface area contributed by atoms with Gasteiger partial charge >= 0.3 is 0 Å². The van der Waals surface area contributed by atoms with Gasteiger partial charge in [0.25, 0.3) is 0 Å². The van der Waals surface area contributed by atoms with Crippen molar-refractivity contribution in [3.63, 3.8) is 0 Å². The molecule has 0 spiro atoms. The molecule has 0 saturated heterocycles. The Morgan fingerprint density at radius 3 is 2.23 bits per heavy atom. The lowest BCUT2D eigenvalue weighted by Gasteiger charge is -2.07. The molecule has 1 aromatic heterocycles. The van der Waals surface area contributed by atoms with Gasteiger partial charge in [-0.3, -0.25) is 0 Å². The Labute approximate surface area is 152 Å². The molecule has 0 unspecified atom stereocenters. The lowest BCUT2D eigenvalue weighted by atomic mass is 9.96. The molecule has 1 heterocycles. The molecule has 0 atom stereocenters. The van der Waals surface area contributed by atoms with E-state index in [1.165, 1.54) is 38.6 Å². The van der Waals surface area contributed by atoms with Crippen LogP contribution in [0.5, 0.6) is 0 Å². The molecule has 0 radical (unpaired) electrons. The van der Waals surface area contributed by atoms with Crippen LogP contribution in [0.3, 0.4) is 0 Å². The van der Waals surface area contributed by atoms with Gasteiger partial charge in [0.05, 0.1) is 0 Å². The van der Waals surface area contributed by atoms with E-state index >= 15 is 0 Å². The quantitative estimate of drug-likeness (QED) is 0.332. The van der Waals surface area contributed by atoms with Gasteiger partial charge in [0.2, 0.25) is 0 Å². The number of rotatable bonds is 2. The van der Waals surface area contributed by atoms with Crippen LogP contribution in [0.2, 0.25) is 0 Å². The fraction of sp³-hybridized carbons (Fsp3) is 0.0400. The summed E-state index contributed by atoms with van der Waals surface area (Å²) in [6, 6.07) is 32.0. The first-order chi connectivity index (χ1) is 12.8. The van der Waals surface area contributed by atoms with Crippen LogP contribution in [0.4, 0.5) is 0 Å². The summed E-state index contributed by atoms with van der Waals surface area (Å²) in [6.07, 6.45) is 0. The number of aryl methyl sites for hydroxylation is 1. The maximum Gasteiger partial charge on any atom is 0.136 e. The number of hydrogen-bond acceptors (Lipinski definition) is 1. The normalized spacial score (nSPS) is 11.3. The van der Waals surface area contributed by atoms with Crippen LogP contribution in [0.25, 0.3) is 44.2 Å². The summed E-state index contributed by atoms with van der Waals surface area (Å²) in [5.74, 6) is 0. The van der Waals surface area contributed by atoms with Crippen LogP contribution in [-0.2, 0) is 0 Å². The van der Waals surface area contributed by atoms with E-state index in [1.807, 2.05) is 6.07 Å². The van der Waals surface area contributed by atoms with Crippen molar-refractivity contribution in [1.29, 1.82) is 0 Å². The van der Waals surface area contributed by atoms with E-state index in [1.54, 1.807) is 0 Å². The molecule has 0 bridgehead atoms. The van der Waals surface area contributed by atoms with E-state index in [2.05, 4.69) is 91.9 Å². The second-order valence-electron chi connectivity index (χ2n) is 6.73. The summed E-state index contributed by atoms with van der Waals surface area (Å²) in [6.45, 7) is 2.09. The van der Waals surface area contributed by atoms with Gasteiger partial charge in [0, 0.05) is 10.8 Å². The summed E-state index contributed by atoms with van der Waals surface area (Å²) in [5, 5.41) is 2.36. The average Bonchev–Trinajstić information content (AvgIpc) is 3.06. The van der Waals surface area contributed by atoms with Gasteiger partial charge < -0.3 is 4.42 Å². The molecule has 0 amide bonds. The minimum absolute atomic E-state index is 0.938. The zero-order valence-corrected chi connectivity index (χ0v) is 14.6. The maximum absolute atomic E-state index is 6.11. The Balaban J connectivity index is 1.76. The van der Waals surface area contributed by atoms with Crippen molar-refractivity contribution < 1.29 is 4.42 Å². The predicted molar refractivity (Wildman–Crippen MR) is 109 cm³/mol. The van der Waals surface area contributed by atoms with Crippen LogP contribution in [0, 0.1) is 6.92 Å². The Morgan fingerprint density at radius 1 is 0.577 bits per heavy atom. The zero-order valence-electron chi connectivity index (χ0n) is 14.6. The summed E-state index contributed by atoms with van der Waals surface area (Å²) in [5.41, 5.74) is 7.98. The fourth-order valence-corrected chi connectivity index (χ4v) is 3.67. The second kappa shape index (κ2) is 5.89. The van der Waals surface area contributed by atoms with Gasteiger partial charge in [0.15, 0.2) is 0 Å². The van der Waals surface area contributed by atoms with Crippen LogP contribution in [-0.4, -0.2) is 0 Å². The van der Waals surface area contributed by atoms with E-state index in [9.17, 15) is 0 Å². The van der Waals surface area contributed by atoms with Crippen molar-refractivity contribution >= 4 is 21.9 Å². The van der Waals surface area contributed by atoms with Crippen LogP contribution < -0.4 is 0 Å². The monoisotopic (exact) mass is 334 g/mol. The molecule has 0 saturated carbocycles. The van der Waals surface area contributed by atoms with Crippen LogP contribution in [0.1, 0.15) is 5.56 Å². The molecule has 5 rings (SSSR count). The Morgan fingerprint density at radius 2 is 1.35 bits per heavy atom. The molecule has 26 heavy (non-hydrogen) atoms. The number of fused-ring (bicyclic) bond motifs is 3. The van der Waals surface area contributed by atoms with E-state index in [0.29, 0.717) is 0 Å². The summed E-state index contributed by atoms with van der Waals surface area (Å²) in [4.78, 5) is 0. The first kappa shape index (κ1) is 15.0. The topological polar surface area (TPSA) is 13.1 Å². The minimum atomic E-state index is 0.938. The molecule has 1 nitrogen and oxygen atoms in total. The van der Waals surface area contributed by atoms with E-state index in [0.717, 1.165) is 11.2 Å². The number of hydrogen-bond donors (Lipinski definition) is 0. The zero-order chi connectivity index (χ0) is 17.5. The minimum Gasteiger partial charge on any atom is -0.456 e. The Hall–Kier alpha value is -3.32. The van der Waals surface area contributed by atoms with Gasteiger partial charge in [0.1, 0.15) is 11.2 Å². The molecular formula is C25H18O. The van der Waals surface area contributed by atoms with Crippen molar-refractivity contribution in [3.05, 3.63) is 96.6 Å². The molecule has 0 aliphatic heterocycles. The van der Waals surface area contributed by atoms with Gasteiger partial charge in [-0.1, -0.05) is 72.8 Å². The first-order valence-corrected chi connectivity index (χ1v) is 8.87. The molecule has 0 aliphatic carbocycles. The van der Waals surface area contributed by atoms with Crippen molar-refractivity contribution in [2.45, 2.75) is 6.92 Å². The molecule has 0 fully saturated rings. The molecule has 0 N–H and O–H groups in total. The van der Waals surface area contributed by atoms with Crippen molar-refractivity contribution in [2.24, 2.45) is 0 Å². The third-order valence-electron chi connectivity index (χ3n) is 4.93. The van der Waals surface area contributed by atoms with E-state index in [4.69, 9.17) is 4.42 Å². The predicted octanol–water partition coefficient (Wildman–Crippen LogP) is 7.23. The third-order valence-corrected chi connectivity index (χ3v) is 4.93. The SMILES string of the molecule is Cc1ccc2c(c1)oc1cccc(-c3cccc(-c4ccccc4)c3)c12. The van der Waals surface area contributed by atoms with Crippen LogP contribution >= 0.6 is 0 Å². The van der Waals surface area contributed by atoms with Crippen LogP contribution in [0.15, 0.2) is 95.4 Å². The first-order valence-electron chi connectivity index (χ1n) is 8.87. The highest BCUT2D eigenvalue weighted by Crippen LogP contribution is 2.37. The molecule has 4 aromatic carbocycles. The van der Waals surface area contributed by atoms with Crippen molar-refractivity contribution in [3.8, 4) is 22.3 Å². The highest BCUT2D eigenvalue weighted by molar-refractivity contribution is 6.12. The van der Waals surface area contributed by atoms with Crippen molar-refractivity contribution in [1.82, 2.24) is 0 Å². The highest BCUT2D eigenvalue weighted by Gasteiger charge is 2.12. The molecular weight excluding hydrogens is 316 g/mol. The highest BCUT2D eigenvalue weighted by atomic mass is 16.3. The number of benzene rings is 4. The summed E-state index contributed by atoms with van der Waals surface area (Å²) >= 11 is 0. The van der Waals surface area contributed by atoms with E-state index in [-0.39, 0.29) is 0 Å². The van der Waals surface area contributed by atoms with E-state index < -0.39 is 0 Å². The van der Waals surface area contributed by atoms with Gasteiger partial charge in [-0.25, -0.2) is 0 Å².